The van der Waals surface area contributed by atoms with Gasteiger partial charge in [-0.1, -0.05) is 29.3 Å². The third kappa shape index (κ3) is 4.85. The van der Waals surface area contributed by atoms with Gasteiger partial charge >= 0.3 is 0 Å². The van der Waals surface area contributed by atoms with Crippen LogP contribution in [0.5, 0.6) is 0 Å². The summed E-state index contributed by atoms with van der Waals surface area (Å²) in [4.78, 5) is 13.2. The Labute approximate surface area is 141 Å². The Morgan fingerprint density at radius 2 is 2.05 bits per heavy atom. The fourth-order valence-electron chi connectivity index (χ4n) is 2.71. The van der Waals surface area contributed by atoms with Crippen LogP contribution in [0, 0.1) is 5.92 Å². The molecule has 1 amide bonds. The molecular weight excluding hydrogens is 323 g/mol. The molecule has 4 nitrogen and oxygen atoms in total. The lowest BCUT2D eigenvalue weighted by Crippen LogP contribution is -2.40. The molecule has 0 bridgehead atoms. The van der Waals surface area contributed by atoms with Crippen LogP contribution in [0.15, 0.2) is 18.2 Å². The lowest BCUT2D eigenvalue weighted by molar-refractivity contribution is -0.130. The number of nitrogens with zero attached hydrogens (tertiary/aromatic N) is 1. The van der Waals surface area contributed by atoms with Crippen molar-refractivity contribution in [2.45, 2.75) is 25.9 Å². The van der Waals surface area contributed by atoms with E-state index in [1.54, 1.807) is 25.1 Å². The molecule has 0 spiro atoms. The summed E-state index contributed by atoms with van der Waals surface area (Å²) in [5.41, 5.74) is 0.758. The molecule has 1 saturated heterocycles. The SMILES string of the molecule is CC(=O)N1CCC(CNC[C@H](O)c2ccc(Cl)c(Cl)c2)CC1. The Hall–Kier alpha value is -0.810. The Morgan fingerprint density at radius 3 is 2.64 bits per heavy atom. The van der Waals surface area contributed by atoms with E-state index in [2.05, 4.69) is 5.32 Å². The number of nitrogens with one attached hydrogen (secondary N) is 1. The van der Waals surface area contributed by atoms with Gasteiger partial charge in [0.1, 0.15) is 0 Å². The maximum atomic E-state index is 11.3. The summed E-state index contributed by atoms with van der Waals surface area (Å²) >= 11 is 11.8. The number of carbonyl (C=O) groups is 1. The average Bonchev–Trinajstić information content (AvgIpc) is 2.50. The number of likely N-dealkylation sites (tertiary alicyclic amines) is 1. The predicted molar refractivity (Wildman–Crippen MR) is 89.3 cm³/mol. The number of carbonyl (C=O) groups excluding carboxylic acids is 1. The van der Waals surface area contributed by atoms with E-state index in [1.807, 2.05) is 4.90 Å². The molecule has 6 heteroatoms. The zero-order valence-electron chi connectivity index (χ0n) is 12.7. The van der Waals surface area contributed by atoms with Gasteiger partial charge in [-0.05, 0) is 43.0 Å². The first kappa shape index (κ1) is 17.5. The van der Waals surface area contributed by atoms with Crippen molar-refractivity contribution in [3.63, 3.8) is 0 Å². The van der Waals surface area contributed by atoms with Crippen LogP contribution in [0.4, 0.5) is 0 Å². The molecule has 0 unspecified atom stereocenters. The summed E-state index contributed by atoms with van der Waals surface area (Å²) in [6, 6.07) is 5.17. The number of hydrogen-bond acceptors (Lipinski definition) is 3. The topological polar surface area (TPSA) is 52.6 Å². The van der Waals surface area contributed by atoms with Crippen LogP contribution in [0.2, 0.25) is 10.0 Å². The molecule has 0 radical (unpaired) electrons. The van der Waals surface area contributed by atoms with Gasteiger partial charge in [0.05, 0.1) is 16.1 Å². The van der Waals surface area contributed by atoms with Crippen molar-refractivity contribution in [3.8, 4) is 0 Å². The Bertz CT molecular complexity index is 517. The molecule has 0 aromatic heterocycles. The summed E-state index contributed by atoms with van der Waals surface area (Å²) in [6.45, 7) is 4.61. The molecule has 1 aromatic rings. The minimum Gasteiger partial charge on any atom is -0.387 e. The number of aliphatic hydroxyl groups is 1. The smallest absolute Gasteiger partial charge is 0.219 e. The lowest BCUT2D eigenvalue weighted by atomic mass is 9.96. The maximum absolute atomic E-state index is 11.3. The Balaban J connectivity index is 1.72. The van der Waals surface area contributed by atoms with Crippen LogP contribution in [0.1, 0.15) is 31.4 Å². The van der Waals surface area contributed by atoms with Crippen LogP contribution in [-0.2, 0) is 4.79 Å². The standard InChI is InChI=1S/C16H22Cl2N2O2/c1-11(21)20-6-4-12(5-7-20)9-19-10-16(22)13-2-3-14(17)15(18)8-13/h2-3,8,12,16,19,22H,4-7,9-10H2,1H3/t16-/m0/s1. The number of halogens is 2. The highest BCUT2D eigenvalue weighted by molar-refractivity contribution is 6.42. The highest BCUT2D eigenvalue weighted by Gasteiger charge is 2.20. The van der Waals surface area contributed by atoms with Crippen LogP contribution in [0.3, 0.4) is 0 Å². The quantitative estimate of drug-likeness (QED) is 0.863. The van der Waals surface area contributed by atoms with Gasteiger partial charge in [0.2, 0.25) is 5.91 Å². The third-order valence-corrected chi connectivity index (χ3v) is 4.90. The van der Waals surface area contributed by atoms with E-state index in [-0.39, 0.29) is 5.91 Å². The molecule has 22 heavy (non-hydrogen) atoms. The normalized spacial score (nSPS) is 17.5. The molecule has 1 atom stereocenters. The fraction of sp³-hybridized carbons (Fsp3) is 0.562. The fourth-order valence-corrected chi connectivity index (χ4v) is 3.02. The van der Waals surface area contributed by atoms with E-state index in [4.69, 9.17) is 23.2 Å². The highest BCUT2D eigenvalue weighted by atomic mass is 35.5. The van der Waals surface area contributed by atoms with Gasteiger partial charge in [-0.15, -0.1) is 0 Å². The molecule has 1 aliphatic rings. The molecule has 1 aliphatic heterocycles. The molecule has 2 rings (SSSR count). The molecule has 1 heterocycles. The summed E-state index contributed by atoms with van der Waals surface area (Å²) in [5.74, 6) is 0.707. The molecule has 2 N–H and O–H groups in total. The Kier molecular flexibility index (Phi) is 6.50. The average molecular weight is 345 g/mol. The molecular formula is C16H22Cl2N2O2. The van der Waals surface area contributed by atoms with Crippen LogP contribution >= 0.6 is 23.2 Å². The van der Waals surface area contributed by atoms with Crippen molar-refractivity contribution in [2.75, 3.05) is 26.2 Å². The van der Waals surface area contributed by atoms with Gasteiger partial charge in [0, 0.05) is 26.6 Å². The molecule has 0 saturated carbocycles. The molecule has 0 aliphatic carbocycles. The van der Waals surface area contributed by atoms with Gasteiger partial charge in [-0.2, -0.15) is 0 Å². The van der Waals surface area contributed by atoms with Gasteiger partial charge in [-0.25, -0.2) is 0 Å². The number of aliphatic hydroxyl groups excluding tert-OH is 1. The first-order valence-electron chi connectivity index (χ1n) is 7.56. The first-order chi connectivity index (χ1) is 10.5. The number of piperidine rings is 1. The van der Waals surface area contributed by atoms with Crippen molar-refractivity contribution in [1.29, 1.82) is 0 Å². The van der Waals surface area contributed by atoms with Crippen molar-refractivity contribution in [1.82, 2.24) is 10.2 Å². The first-order valence-corrected chi connectivity index (χ1v) is 8.32. The van der Waals surface area contributed by atoms with Gasteiger partial charge in [0.25, 0.3) is 0 Å². The van der Waals surface area contributed by atoms with Crippen LogP contribution in [-0.4, -0.2) is 42.1 Å². The van der Waals surface area contributed by atoms with Gasteiger partial charge in [0.15, 0.2) is 0 Å². The zero-order chi connectivity index (χ0) is 16.1. The minimum absolute atomic E-state index is 0.154. The molecule has 122 valence electrons. The number of benzene rings is 1. The minimum atomic E-state index is -0.605. The number of hydrogen-bond donors (Lipinski definition) is 2. The zero-order valence-corrected chi connectivity index (χ0v) is 14.2. The summed E-state index contributed by atoms with van der Waals surface area (Å²) in [5, 5.41) is 14.4. The second kappa shape index (κ2) is 8.16. The van der Waals surface area contributed by atoms with E-state index in [1.165, 1.54) is 0 Å². The van der Waals surface area contributed by atoms with E-state index < -0.39 is 6.10 Å². The largest absolute Gasteiger partial charge is 0.387 e. The van der Waals surface area contributed by atoms with E-state index in [9.17, 15) is 9.90 Å². The summed E-state index contributed by atoms with van der Waals surface area (Å²) in [7, 11) is 0. The second-order valence-corrected chi connectivity index (χ2v) is 6.61. The van der Waals surface area contributed by atoms with E-state index in [0.717, 1.165) is 38.0 Å². The van der Waals surface area contributed by atoms with Crippen molar-refractivity contribution < 1.29 is 9.90 Å². The monoisotopic (exact) mass is 344 g/mol. The van der Waals surface area contributed by atoms with Crippen molar-refractivity contribution in [3.05, 3.63) is 33.8 Å². The molecule has 1 aromatic carbocycles. The highest BCUT2D eigenvalue weighted by Crippen LogP contribution is 2.25. The van der Waals surface area contributed by atoms with Crippen molar-refractivity contribution >= 4 is 29.1 Å². The van der Waals surface area contributed by atoms with Crippen LogP contribution in [0.25, 0.3) is 0 Å². The molecule has 1 fully saturated rings. The number of rotatable bonds is 5. The third-order valence-electron chi connectivity index (χ3n) is 4.16. The Morgan fingerprint density at radius 1 is 1.36 bits per heavy atom. The number of amides is 1. The van der Waals surface area contributed by atoms with Gasteiger partial charge in [-0.3, -0.25) is 4.79 Å². The lowest BCUT2D eigenvalue weighted by Gasteiger charge is -2.31. The summed E-state index contributed by atoms with van der Waals surface area (Å²) < 4.78 is 0. The van der Waals surface area contributed by atoms with Crippen LogP contribution < -0.4 is 5.32 Å². The summed E-state index contributed by atoms with van der Waals surface area (Å²) in [6.07, 6.45) is 1.41. The van der Waals surface area contributed by atoms with Gasteiger partial charge < -0.3 is 15.3 Å². The maximum Gasteiger partial charge on any atom is 0.219 e. The van der Waals surface area contributed by atoms with Crippen molar-refractivity contribution in [2.24, 2.45) is 5.92 Å². The second-order valence-electron chi connectivity index (χ2n) is 5.80. The predicted octanol–water partition coefficient (Wildman–Crippen LogP) is 2.87. The van der Waals surface area contributed by atoms with E-state index >= 15 is 0 Å². The van der Waals surface area contributed by atoms with E-state index in [0.29, 0.717) is 22.5 Å².